The Kier molecular flexibility index (Phi) is 11.2. The van der Waals surface area contributed by atoms with Crippen LogP contribution in [0.2, 0.25) is 10.0 Å². The maximum absolute atomic E-state index is 14.5. The zero-order valence-corrected chi connectivity index (χ0v) is 26.5. The van der Waals surface area contributed by atoms with Crippen LogP contribution in [0.5, 0.6) is 5.75 Å². The lowest BCUT2D eigenvalue weighted by molar-refractivity contribution is -0.128. The molecule has 236 valence electrons. The maximum Gasteiger partial charge on any atom is 0.252 e. The van der Waals surface area contributed by atoms with Crippen molar-refractivity contribution in [3.8, 4) is 5.75 Å². The first-order chi connectivity index (χ1) is 22.4. The van der Waals surface area contributed by atoms with Crippen LogP contribution in [0.4, 0.5) is 0 Å². The first-order valence-corrected chi connectivity index (χ1v) is 15.6. The monoisotopic (exact) mass is 657 g/mol. The molecule has 0 saturated carbocycles. The van der Waals surface area contributed by atoms with Gasteiger partial charge in [0.15, 0.2) is 11.6 Å². The number of nitrogens with one attached hydrogen (secondary N) is 1. The van der Waals surface area contributed by atoms with Crippen molar-refractivity contribution in [2.24, 2.45) is 10.1 Å². The number of aliphatic hydroxyl groups is 1. The highest BCUT2D eigenvalue weighted by Gasteiger charge is 2.54. The van der Waals surface area contributed by atoms with Crippen molar-refractivity contribution in [2.75, 3.05) is 19.8 Å². The molecule has 0 radical (unpaired) electrons. The Labute approximate surface area is 277 Å². The third kappa shape index (κ3) is 7.81. The first-order valence-electron chi connectivity index (χ1n) is 14.9. The molecule has 4 aromatic rings. The summed E-state index contributed by atoms with van der Waals surface area (Å²) in [6, 6.07) is 29.7. The van der Waals surface area contributed by atoms with Gasteiger partial charge in [-0.1, -0.05) is 89.0 Å². The molecule has 1 aliphatic heterocycles. The zero-order valence-electron chi connectivity index (χ0n) is 25.0. The van der Waals surface area contributed by atoms with Crippen LogP contribution in [0.3, 0.4) is 0 Å². The molecule has 11 heteroatoms. The van der Waals surface area contributed by atoms with E-state index in [9.17, 15) is 4.79 Å². The zero-order chi connectivity index (χ0) is 32.4. The van der Waals surface area contributed by atoms with Gasteiger partial charge in [0.05, 0.1) is 13.2 Å². The Morgan fingerprint density at radius 2 is 1.76 bits per heavy atom. The van der Waals surface area contributed by atoms with Crippen LogP contribution >= 0.6 is 23.2 Å². The first kappa shape index (κ1) is 32.9. The summed E-state index contributed by atoms with van der Waals surface area (Å²) in [4.78, 5) is 22.5. The van der Waals surface area contributed by atoms with Gasteiger partial charge in [-0.05, 0) is 65.0 Å². The van der Waals surface area contributed by atoms with Crippen LogP contribution in [-0.2, 0) is 28.9 Å². The minimum atomic E-state index is -1.49. The molecule has 0 fully saturated rings. The van der Waals surface area contributed by atoms with Crippen molar-refractivity contribution >= 4 is 35.0 Å². The molecule has 46 heavy (non-hydrogen) atoms. The van der Waals surface area contributed by atoms with Crippen LogP contribution in [0, 0.1) is 0 Å². The summed E-state index contributed by atoms with van der Waals surface area (Å²) in [5, 5.41) is 16.8. The third-order valence-corrected chi connectivity index (χ3v) is 8.26. The molecule has 0 unspecified atom stereocenters. The normalized spacial score (nSPS) is 17.0. The minimum absolute atomic E-state index is 0.0405. The molecule has 1 amide bonds. The number of amides is 1. The van der Waals surface area contributed by atoms with Crippen LogP contribution in [-0.4, -0.2) is 42.2 Å². The van der Waals surface area contributed by atoms with E-state index in [1.807, 2.05) is 66.7 Å². The largest absolute Gasteiger partial charge is 0.494 e. The molecule has 5 rings (SSSR count). The standard InChI is InChI=1S/C35H33Cl2N5O4/c36-28-13-16-30(31(37)21-28)32-35(22-26-9-4-5-10-27(26)23-40-42-38,34(44)39-18-17-24-7-2-1-3-8-24)41-33(46-32)25-11-14-29(15-12-25)45-20-6-19-43/h1-5,7-16,21,32,43H,6,17-20,22-23H2,(H,39,44)/t32-,35-/m1/s1. The smallest absolute Gasteiger partial charge is 0.252 e. The van der Waals surface area contributed by atoms with Gasteiger partial charge >= 0.3 is 0 Å². The number of aliphatic imine (C=N–C) groups is 1. The molecule has 1 heterocycles. The summed E-state index contributed by atoms with van der Waals surface area (Å²) in [5.41, 5.74) is 11.4. The number of carbonyl (C=O) groups is 1. The van der Waals surface area contributed by atoms with E-state index >= 15 is 0 Å². The second kappa shape index (κ2) is 15.7. The van der Waals surface area contributed by atoms with Gasteiger partial charge in [-0.2, -0.15) is 0 Å². The molecule has 0 aliphatic carbocycles. The fourth-order valence-electron chi connectivity index (χ4n) is 5.37. The van der Waals surface area contributed by atoms with Gasteiger partial charge in [0.1, 0.15) is 5.75 Å². The Bertz CT molecular complexity index is 1730. The van der Waals surface area contributed by atoms with E-state index in [1.54, 1.807) is 30.3 Å². The van der Waals surface area contributed by atoms with Crippen molar-refractivity contribution in [2.45, 2.75) is 37.5 Å². The fourth-order valence-corrected chi connectivity index (χ4v) is 5.88. The van der Waals surface area contributed by atoms with Gasteiger partial charge in [0.25, 0.3) is 5.91 Å². The molecule has 0 saturated heterocycles. The summed E-state index contributed by atoms with van der Waals surface area (Å²) in [6.45, 7) is 0.904. The lowest BCUT2D eigenvalue weighted by Gasteiger charge is -2.32. The average molecular weight is 659 g/mol. The molecule has 4 aromatic carbocycles. The lowest BCUT2D eigenvalue weighted by atomic mass is 9.80. The summed E-state index contributed by atoms with van der Waals surface area (Å²) >= 11 is 13.0. The molecule has 0 bridgehead atoms. The van der Waals surface area contributed by atoms with Crippen molar-refractivity contribution in [3.63, 3.8) is 0 Å². The van der Waals surface area contributed by atoms with E-state index in [2.05, 4.69) is 15.3 Å². The molecule has 2 atom stereocenters. The SMILES string of the molecule is [N-]=[N+]=NCc1ccccc1C[C@@]1(C(=O)NCCc2ccccc2)N=C(c2ccc(OCCCO)cc2)O[C@@H]1c1ccc(Cl)cc1Cl. The molecule has 1 aliphatic rings. The Morgan fingerprint density at radius 1 is 1.02 bits per heavy atom. The van der Waals surface area contributed by atoms with Gasteiger partial charge in [0.2, 0.25) is 5.90 Å². The van der Waals surface area contributed by atoms with E-state index in [0.29, 0.717) is 52.9 Å². The third-order valence-electron chi connectivity index (χ3n) is 7.70. The maximum atomic E-state index is 14.5. The van der Waals surface area contributed by atoms with Gasteiger partial charge < -0.3 is 19.9 Å². The highest BCUT2D eigenvalue weighted by atomic mass is 35.5. The molecule has 9 nitrogen and oxygen atoms in total. The summed E-state index contributed by atoms with van der Waals surface area (Å²) < 4.78 is 12.3. The number of halogens is 2. The second-order valence-corrected chi connectivity index (χ2v) is 11.6. The predicted octanol–water partition coefficient (Wildman–Crippen LogP) is 7.42. The number of benzene rings is 4. The average Bonchev–Trinajstić information content (AvgIpc) is 3.45. The molecule has 0 spiro atoms. The second-order valence-electron chi connectivity index (χ2n) is 10.8. The number of carbonyl (C=O) groups excluding carboxylic acids is 1. The van der Waals surface area contributed by atoms with Crippen molar-refractivity contribution < 1.29 is 19.4 Å². The number of aliphatic hydroxyl groups excluding tert-OH is 1. The van der Waals surface area contributed by atoms with E-state index in [0.717, 1.165) is 16.7 Å². The van der Waals surface area contributed by atoms with Crippen LogP contribution in [0.1, 0.15) is 40.3 Å². The van der Waals surface area contributed by atoms with E-state index in [1.165, 1.54) is 0 Å². The fraction of sp³-hybridized carbons (Fsp3) is 0.257. The van der Waals surface area contributed by atoms with Gasteiger partial charge in [-0.3, -0.25) is 4.79 Å². The molecular weight excluding hydrogens is 625 g/mol. The van der Waals surface area contributed by atoms with E-state index in [-0.39, 0.29) is 31.4 Å². The van der Waals surface area contributed by atoms with Crippen molar-refractivity contribution in [3.05, 3.63) is 145 Å². The number of ether oxygens (including phenoxy) is 2. The highest BCUT2D eigenvalue weighted by Crippen LogP contribution is 2.45. The summed E-state index contributed by atoms with van der Waals surface area (Å²) in [6.07, 6.45) is 0.357. The Balaban J connectivity index is 1.58. The van der Waals surface area contributed by atoms with Crippen molar-refractivity contribution in [1.82, 2.24) is 5.32 Å². The molecule has 0 aromatic heterocycles. The molecular formula is C35H33Cl2N5O4. The van der Waals surface area contributed by atoms with Crippen LogP contribution < -0.4 is 10.1 Å². The quantitative estimate of drug-likeness (QED) is 0.0632. The lowest BCUT2D eigenvalue weighted by Crippen LogP contribution is -2.50. The van der Waals surface area contributed by atoms with Gasteiger partial charge in [0, 0.05) is 52.1 Å². The Hall–Kier alpha value is -4.53. The summed E-state index contributed by atoms with van der Waals surface area (Å²) in [5.74, 6) is 0.561. The van der Waals surface area contributed by atoms with Gasteiger partial charge in [-0.15, -0.1) is 0 Å². The van der Waals surface area contributed by atoms with Crippen LogP contribution in [0.25, 0.3) is 10.4 Å². The van der Waals surface area contributed by atoms with Gasteiger partial charge in [-0.25, -0.2) is 4.99 Å². The van der Waals surface area contributed by atoms with E-state index < -0.39 is 11.6 Å². The van der Waals surface area contributed by atoms with Crippen LogP contribution in [0.15, 0.2) is 107 Å². The minimum Gasteiger partial charge on any atom is -0.494 e. The van der Waals surface area contributed by atoms with Crippen molar-refractivity contribution in [1.29, 1.82) is 0 Å². The van der Waals surface area contributed by atoms with E-state index in [4.69, 9.17) is 48.3 Å². The number of nitrogens with zero attached hydrogens (tertiary/aromatic N) is 4. The Morgan fingerprint density at radius 3 is 2.48 bits per heavy atom. The summed E-state index contributed by atoms with van der Waals surface area (Å²) in [7, 11) is 0. The number of hydrogen-bond acceptors (Lipinski definition) is 6. The number of hydrogen-bond donors (Lipinski definition) is 2. The number of azide groups is 1. The highest BCUT2D eigenvalue weighted by molar-refractivity contribution is 6.35. The topological polar surface area (TPSA) is 129 Å². The predicted molar refractivity (Wildman–Crippen MR) is 179 cm³/mol. The molecule has 2 N–H and O–H groups in total. The number of rotatable bonds is 14.